The van der Waals surface area contributed by atoms with E-state index >= 15 is 0 Å². The van der Waals surface area contributed by atoms with E-state index in [0.717, 1.165) is 12.1 Å². The van der Waals surface area contributed by atoms with Gasteiger partial charge in [0.05, 0.1) is 18.8 Å². The van der Waals surface area contributed by atoms with Crippen LogP contribution in [0.25, 0.3) is 0 Å². The summed E-state index contributed by atoms with van der Waals surface area (Å²) in [5, 5.41) is -0.242. The Morgan fingerprint density at radius 1 is 1.41 bits per heavy atom. The number of ether oxygens (including phenoxy) is 2. The molecule has 0 N–H and O–H groups in total. The molecule has 3 nitrogen and oxygen atoms in total. The molecule has 0 spiro atoms. The molecule has 1 atom stereocenters. The minimum atomic E-state index is -4.46. The van der Waals surface area contributed by atoms with Gasteiger partial charge in [-0.15, -0.1) is 0 Å². The standard InChI is InChI=1S/C10H9ClF3NO2/c11-8-3-6(10(12,13)14)4-9(15-8)17-7-1-2-16-5-7/h3-4,7H,1-2,5H2. The number of aromatic nitrogens is 1. The third-order valence-corrected chi connectivity index (χ3v) is 2.47. The van der Waals surface area contributed by atoms with Crippen molar-refractivity contribution in [2.24, 2.45) is 0 Å². The minimum absolute atomic E-state index is 0.125. The van der Waals surface area contributed by atoms with E-state index in [0.29, 0.717) is 19.6 Å². The molecule has 0 aromatic carbocycles. The molecule has 1 aromatic heterocycles. The first-order valence-electron chi connectivity index (χ1n) is 4.94. The largest absolute Gasteiger partial charge is 0.472 e. The van der Waals surface area contributed by atoms with Crippen LogP contribution >= 0.6 is 11.6 Å². The first-order chi connectivity index (χ1) is 7.95. The van der Waals surface area contributed by atoms with Crippen molar-refractivity contribution >= 4 is 11.6 Å². The molecule has 0 aliphatic carbocycles. The Balaban J connectivity index is 2.19. The summed E-state index contributed by atoms with van der Waals surface area (Å²) in [6.07, 6.45) is -4.09. The number of hydrogen-bond donors (Lipinski definition) is 0. The molecule has 1 aromatic rings. The van der Waals surface area contributed by atoms with Gasteiger partial charge in [0.25, 0.3) is 0 Å². The van der Waals surface area contributed by atoms with Gasteiger partial charge in [-0.25, -0.2) is 4.98 Å². The molecule has 0 amide bonds. The van der Waals surface area contributed by atoms with Crippen LogP contribution in [0.15, 0.2) is 12.1 Å². The van der Waals surface area contributed by atoms with Gasteiger partial charge >= 0.3 is 6.18 Å². The van der Waals surface area contributed by atoms with Crippen molar-refractivity contribution < 1.29 is 22.6 Å². The molecule has 0 radical (unpaired) electrons. The molecule has 2 rings (SSSR count). The maximum atomic E-state index is 12.5. The Hall–Kier alpha value is -1.01. The van der Waals surface area contributed by atoms with Crippen LogP contribution in [0.5, 0.6) is 5.88 Å². The normalized spacial score (nSPS) is 20.6. The maximum absolute atomic E-state index is 12.5. The summed E-state index contributed by atoms with van der Waals surface area (Å²) >= 11 is 5.52. The number of rotatable bonds is 2. The van der Waals surface area contributed by atoms with E-state index in [-0.39, 0.29) is 17.1 Å². The van der Waals surface area contributed by atoms with Crippen LogP contribution in [-0.2, 0) is 10.9 Å². The lowest BCUT2D eigenvalue weighted by atomic mass is 10.2. The van der Waals surface area contributed by atoms with E-state index in [1.165, 1.54) is 0 Å². The zero-order chi connectivity index (χ0) is 12.5. The van der Waals surface area contributed by atoms with Crippen LogP contribution in [-0.4, -0.2) is 24.3 Å². The fourth-order valence-corrected chi connectivity index (χ4v) is 1.67. The van der Waals surface area contributed by atoms with Crippen molar-refractivity contribution in [3.05, 3.63) is 22.8 Å². The first-order valence-corrected chi connectivity index (χ1v) is 5.32. The predicted octanol–water partition coefficient (Wildman–Crippen LogP) is 2.92. The Kier molecular flexibility index (Phi) is 3.44. The van der Waals surface area contributed by atoms with Crippen molar-refractivity contribution in [2.45, 2.75) is 18.7 Å². The molecule has 1 fully saturated rings. The van der Waals surface area contributed by atoms with Gasteiger partial charge in [0.2, 0.25) is 5.88 Å². The number of hydrogen-bond acceptors (Lipinski definition) is 3. The Morgan fingerprint density at radius 2 is 2.18 bits per heavy atom. The van der Waals surface area contributed by atoms with Crippen LogP contribution in [0, 0.1) is 0 Å². The lowest BCUT2D eigenvalue weighted by molar-refractivity contribution is -0.137. The Bertz CT molecular complexity index is 405. The van der Waals surface area contributed by atoms with Crippen LogP contribution in [0.3, 0.4) is 0 Å². The third kappa shape index (κ3) is 3.23. The molecule has 94 valence electrons. The van der Waals surface area contributed by atoms with Gasteiger partial charge in [-0.05, 0) is 6.07 Å². The zero-order valence-electron chi connectivity index (χ0n) is 8.63. The van der Waals surface area contributed by atoms with Gasteiger partial charge in [0.15, 0.2) is 0 Å². The SMILES string of the molecule is FC(F)(F)c1cc(Cl)nc(OC2CCOC2)c1. The molecule has 7 heteroatoms. The Labute approximate surface area is 100 Å². The molecule has 1 saturated heterocycles. The zero-order valence-corrected chi connectivity index (χ0v) is 9.38. The van der Waals surface area contributed by atoms with E-state index in [4.69, 9.17) is 21.1 Å². The highest BCUT2D eigenvalue weighted by atomic mass is 35.5. The summed E-state index contributed by atoms with van der Waals surface area (Å²) in [5.41, 5.74) is -0.869. The van der Waals surface area contributed by atoms with E-state index in [1.54, 1.807) is 0 Å². The average Bonchev–Trinajstić information content (AvgIpc) is 2.68. The lowest BCUT2D eigenvalue weighted by Gasteiger charge is -2.13. The monoisotopic (exact) mass is 267 g/mol. The van der Waals surface area contributed by atoms with Gasteiger partial charge in [0.1, 0.15) is 11.3 Å². The highest BCUT2D eigenvalue weighted by molar-refractivity contribution is 6.29. The van der Waals surface area contributed by atoms with E-state index in [2.05, 4.69) is 4.98 Å². The van der Waals surface area contributed by atoms with Crippen LogP contribution in [0.2, 0.25) is 5.15 Å². The summed E-state index contributed by atoms with van der Waals surface area (Å²) in [4.78, 5) is 3.70. The predicted molar refractivity (Wildman–Crippen MR) is 54.1 cm³/mol. The number of nitrogens with zero attached hydrogens (tertiary/aromatic N) is 1. The van der Waals surface area contributed by atoms with Gasteiger partial charge < -0.3 is 9.47 Å². The van der Waals surface area contributed by atoms with E-state index in [9.17, 15) is 13.2 Å². The van der Waals surface area contributed by atoms with Crippen LogP contribution in [0.1, 0.15) is 12.0 Å². The summed E-state index contributed by atoms with van der Waals surface area (Å²) in [5.74, 6) is -0.125. The molecule has 1 aliphatic rings. The van der Waals surface area contributed by atoms with Crippen molar-refractivity contribution in [3.63, 3.8) is 0 Å². The van der Waals surface area contributed by atoms with Crippen molar-refractivity contribution in [1.82, 2.24) is 4.98 Å². The first kappa shape index (κ1) is 12.4. The molecule has 0 saturated carbocycles. The van der Waals surface area contributed by atoms with E-state index < -0.39 is 11.7 Å². The van der Waals surface area contributed by atoms with E-state index in [1.807, 2.05) is 0 Å². The van der Waals surface area contributed by atoms with Gasteiger partial charge in [0, 0.05) is 12.5 Å². The van der Waals surface area contributed by atoms with Crippen molar-refractivity contribution in [2.75, 3.05) is 13.2 Å². The van der Waals surface area contributed by atoms with Gasteiger partial charge in [-0.1, -0.05) is 11.6 Å². The summed E-state index contributed by atoms with van der Waals surface area (Å²) in [7, 11) is 0. The van der Waals surface area contributed by atoms with Gasteiger partial charge in [-0.2, -0.15) is 13.2 Å². The molecule has 2 heterocycles. The maximum Gasteiger partial charge on any atom is 0.416 e. The molecular weight excluding hydrogens is 259 g/mol. The molecule has 1 aliphatic heterocycles. The fourth-order valence-electron chi connectivity index (χ4n) is 1.47. The second-order valence-electron chi connectivity index (χ2n) is 3.62. The summed E-state index contributed by atoms with van der Waals surface area (Å²) in [6.45, 7) is 0.896. The number of alkyl halides is 3. The number of halogens is 4. The quantitative estimate of drug-likeness (QED) is 0.772. The third-order valence-electron chi connectivity index (χ3n) is 2.27. The van der Waals surface area contributed by atoms with Crippen molar-refractivity contribution in [1.29, 1.82) is 0 Å². The minimum Gasteiger partial charge on any atom is -0.472 e. The second kappa shape index (κ2) is 4.70. The lowest BCUT2D eigenvalue weighted by Crippen LogP contribution is -2.17. The fraction of sp³-hybridized carbons (Fsp3) is 0.500. The highest BCUT2D eigenvalue weighted by Crippen LogP contribution is 2.32. The van der Waals surface area contributed by atoms with Crippen LogP contribution in [0.4, 0.5) is 13.2 Å². The van der Waals surface area contributed by atoms with Gasteiger partial charge in [-0.3, -0.25) is 0 Å². The summed E-state index contributed by atoms with van der Waals surface area (Å²) < 4.78 is 47.8. The molecule has 0 bridgehead atoms. The smallest absolute Gasteiger partial charge is 0.416 e. The topological polar surface area (TPSA) is 31.4 Å². The Morgan fingerprint density at radius 3 is 2.76 bits per heavy atom. The molecular formula is C10H9ClF3NO2. The van der Waals surface area contributed by atoms with Crippen molar-refractivity contribution in [3.8, 4) is 5.88 Å². The molecule has 17 heavy (non-hydrogen) atoms. The number of pyridine rings is 1. The van der Waals surface area contributed by atoms with Crippen LogP contribution < -0.4 is 4.74 Å². The molecule has 1 unspecified atom stereocenters. The summed E-state index contributed by atoms with van der Waals surface area (Å²) in [6, 6.07) is 1.60. The second-order valence-corrected chi connectivity index (χ2v) is 4.01. The average molecular weight is 268 g/mol. The highest BCUT2D eigenvalue weighted by Gasteiger charge is 2.32.